The molecule has 0 aromatic carbocycles. The van der Waals surface area contributed by atoms with Crippen LogP contribution in [0.4, 0.5) is 13.2 Å². The van der Waals surface area contributed by atoms with E-state index in [1.807, 2.05) is 0 Å². The van der Waals surface area contributed by atoms with Crippen LogP contribution in [0.25, 0.3) is 0 Å². The van der Waals surface area contributed by atoms with Crippen molar-refractivity contribution in [1.82, 2.24) is 9.36 Å². The molecule has 0 atom stereocenters. The molecular formula is C4H2F3N2S. The first kappa shape index (κ1) is 7.46. The van der Waals surface area contributed by atoms with E-state index >= 15 is 0 Å². The molecule has 1 aromatic heterocycles. The van der Waals surface area contributed by atoms with Crippen LogP contribution in [-0.4, -0.2) is 15.5 Å². The van der Waals surface area contributed by atoms with Gasteiger partial charge in [0.1, 0.15) is 5.01 Å². The lowest BCUT2D eigenvalue weighted by Crippen LogP contribution is -2.10. The Hall–Kier alpha value is -0.650. The van der Waals surface area contributed by atoms with Gasteiger partial charge >= 0.3 is 6.18 Å². The Morgan fingerprint density at radius 2 is 2.20 bits per heavy atom. The molecule has 2 nitrogen and oxygen atoms in total. The summed E-state index contributed by atoms with van der Waals surface area (Å²) in [5.41, 5.74) is 0. The van der Waals surface area contributed by atoms with Crippen LogP contribution in [0, 0.1) is 6.33 Å². The van der Waals surface area contributed by atoms with Gasteiger partial charge in [-0.15, -0.1) is 0 Å². The van der Waals surface area contributed by atoms with Crippen LogP contribution in [0.3, 0.4) is 0 Å². The van der Waals surface area contributed by atoms with Gasteiger partial charge in [-0.2, -0.15) is 17.5 Å². The first-order chi connectivity index (χ1) is 4.58. The second-order valence-corrected chi connectivity index (χ2v) is 2.42. The molecule has 1 heterocycles. The van der Waals surface area contributed by atoms with Gasteiger partial charge < -0.3 is 0 Å². The van der Waals surface area contributed by atoms with Gasteiger partial charge in [0.05, 0.1) is 6.42 Å². The minimum Gasteiger partial charge on any atom is -0.217 e. The van der Waals surface area contributed by atoms with Crippen LogP contribution in [0.2, 0.25) is 0 Å². The second-order valence-electron chi connectivity index (χ2n) is 1.58. The predicted molar refractivity (Wildman–Crippen MR) is 28.5 cm³/mol. The average Bonchev–Trinajstić information content (AvgIpc) is 2.12. The minimum absolute atomic E-state index is 0.0486. The number of nitrogens with zero attached hydrogens (tertiary/aromatic N) is 2. The largest absolute Gasteiger partial charge is 0.395 e. The Morgan fingerprint density at radius 1 is 1.50 bits per heavy atom. The average molecular weight is 167 g/mol. The molecule has 0 saturated heterocycles. The fourth-order valence-electron chi connectivity index (χ4n) is 0.413. The third-order valence-corrected chi connectivity index (χ3v) is 1.34. The molecule has 1 radical (unpaired) electrons. The zero-order chi connectivity index (χ0) is 7.61. The molecule has 0 aliphatic carbocycles. The van der Waals surface area contributed by atoms with Gasteiger partial charge in [0, 0.05) is 0 Å². The van der Waals surface area contributed by atoms with E-state index in [4.69, 9.17) is 0 Å². The summed E-state index contributed by atoms with van der Waals surface area (Å²) in [6.07, 6.45) is -3.12. The Balaban J connectivity index is 2.57. The molecule has 55 valence electrons. The summed E-state index contributed by atoms with van der Waals surface area (Å²) in [6.45, 7) is 0. The summed E-state index contributed by atoms with van der Waals surface area (Å²) in [4.78, 5) is 3.26. The summed E-state index contributed by atoms with van der Waals surface area (Å²) in [5.74, 6) is 0. The number of alkyl halides is 3. The topological polar surface area (TPSA) is 25.8 Å². The molecule has 6 heteroatoms. The van der Waals surface area contributed by atoms with E-state index in [-0.39, 0.29) is 5.01 Å². The summed E-state index contributed by atoms with van der Waals surface area (Å²) in [7, 11) is 0. The SMILES string of the molecule is FC(F)(F)Cc1n[c]ns1. The van der Waals surface area contributed by atoms with Gasteiger partial charge in [-0.1, -0.05) is 0 Å². The van der Waals surface area contributed by atoms with Gasteiger partial charge in [0.15, 0.2) is 0 Å². The number of halogens is 3. The van der Waals surface area contributed by atoms with Crippen LogP contribution < -0.4 is 0 Å². The van der Waals surface area contributed by atoms with Crippen LogP contribution in [0.5, 0.6) is 0 Å². The normalized spacial score (nSPS) is 11.9. The Morgan fingerprint density at radius 3 is 2.60 bits per heavy atom. The van der Waals surface area contributed by atoms with Crippen LogP contribution in [0.1, 0.15) is 5.01 Å². The highest BCUT2D eigenvalue weighted by molar-refractivity contribution is 7.05. The van der Waals surface area contributed by atoms with Crippen molar-refractivity contribution in [3.63, 3.8) is 0 Å². The summed E-state index contributed by atoms with van der Waals surface area (Å²) in [5, 5.41) is -0.0486. The summed E-state index contributed by atoms with van der Waals surface area (Å²) >= 11 is 0.713. The Bertz CT molecular complexity index is 193. The summed E-state index contributed by atoms with van der Waals surface area (Å²) in [6, 6.07) is 0. The summed E-state index contributed by atoms with van der Waals surface area (Å²) < 4.78 is 37.9. The Labute approximate surface area is 58.9 Å². The molecule has 0 spiro atoms. The molecule has 0 unspecified atom stereocenters. The number of rotatable bonds is 1. The van der Waals surface area contributed by atoms with Crippen molar-refractivity contribution in [3.8, 4) is 0 Å². The van der Waals surface area contributed by atoms with E-state index in [0.717, 1.165) is 0 Å². The number of hydrogen-bond acceptors (Lipinski definition) is 3. The molecule has 0 aliphatic heterocycles. The van der Waals surface area contributed by atoms with Crippen molar-refractivity contribution >= 4 is 11.5 Å². The maximum absolute atomic E-state index is 11.5. The van der Waals surface area contributed by atoms with Crippen molar-refractivity contribution in [2.75, 3.05) is 0 Å². The van der Waals surface area contributed by atoms with Crippen molar-refractivity contribution in [3.05, 3.63) is 11.3 Å². The molecular weight excluding hydrogens is 165 g/mol. The zero-order valence-electron chi connectivity index (χ0n) is 4.64. The van der Waals surface area contributed by atoms with E-state index in [1.165, 1.54) is 0 Å². The number of aromatic nitrogens is 2. The standard InChI is InChI=1S/C4H2F3N2S/c5-4(6,7)1-3-8-2-9-10-3/h1H2. The lowest BCUT2D eigenvalue weighted by molar-refractivity contribution is -0.127. The molecule has 1 rings (SSSR count). The Kier molecular flexibility index (Phi) is 1.89. The molecule has 0 fully saturated rings. The van der Waals surface area contributed by atoms with Gasteiger partial charge in [0.2, 0.25) is 6.33 Å². The minimum atomic E-state index is -4.19. The van der Waals surface area contributed by atoms with E-state index < -0.39 is 12.6 Å². The lowest BCUT2D eigenvalue weighted by atomic mass is 10.4. The van der Waals surface area contributed by atoms with E-state index in [0.29, 0.717) is 11.5 Å². The molecule has 1 aromatic rings. The van der Waals surface area contributed by atoms with E-state index in [2.05, 4.69) is 15.7 Å². The molecule has 0 bridgehead atoms. The van der Waals surface area contributed by atoms with Crippen molar-refractivity contribution in [1.29, 1.82) is 0 Å². The lowest BCUT2D eigenvalue weighted by Gasteiger charge is -2.00. The fourth-order valence-corrected chi connectivity index (χ4v) is 0.910. The van der Waals surface area contributed by atoms with E-state index in [9.17, 15) is 13.2 Å². The smallest absolute Gasteiger partial charge is 0.217 e. The monoisotopic (exact) mass is 167 g/mol. The third kappa shape index (κ3) is 2.30. The van der Waals surface area contributed by atoms with Gasteiger partial charge in [-0.25, -0.2) is 4.98 Å². The van der Waals surface area contributed by atoms with Crippen molar-refractivity contribution < 1.29 is 13.2 Å². The highest BCUT2D eigenvalue weighted by Crippen LogP contribution is 2.20. The fraction of sp³-hybridized carbons (Fsp3) is 0.500. The highest BCUT2D eigenvalue weighted by Gasteiger charge is 2.29. The van der Waals surface area contributed by atoms with Gasteiger partial charge in [-0.05, 0) is 11.5 Å². The maximum atomic E-state index is 11.5. The molecule has 10 heavy (non-hydrogen) atoms. The van der Waals surface area contributed by atoms with Crippen LogP contribution in [0.15, 0.2) is 0 Å². The molecule has 0 amide bonds. The van der Waals surface area contributed by atoms with Crippen molar-refractivity contribution in [2.24, 2.45) is 0 Å². The van der Waals surface area contributed by atoms with Crippen molar-refractivity contribution in [2.45, 2.75) is 12.6 Å². The van der Waals surface area contributed by atoms with Crippen LogP contribution in [-0.2, 0) is 6.42 Å². The quantitative estimate of drug-likeness (QED) is 0.632. The van der Waals surface area contributed by atoms with E-state index in [1.54, 1.807) is 0 Å². The predicted octanol–water partition coefficient (Wildman–Crippen LogP) is 1.44. The van der Waals surface area contributed by atoms with Gasteiger partial charge in [0.25, 0.3) is 0 Å². The maximum Gasteiger partial charge on any atom is 0.395 e. The van der Waals surface area contributed by atoms with Gasteiger partial charge in [-0.3, -0.25) is 0 Å². The highest BCUT2D eigenvalue weighted by atomic mass is 32.1. The third-order valence-electron chi connectivity index (χ3n) is 0.718. The molecule has 0 saturated carbocycles. The first-order valence-electron chi connectivity index (χ1n) is 2.33. The second kappa shape index (κ2) is 2.53. The zero-order valence-corrected chi connectivity index (χ0v) is 5.46. The molecule has 0 aliphatic rings. The first-order valence-corrected chi connectivity index (χ1v) is 3.10. The van der Waals surface area contributed by atoms with Crippen LogP contribution >= 0.6 is 11.5 Å². The molecule has 0 N–H and O–H groups in total. The number of hydrogen-bond donors (Lipinski definition) is 0.